The van der Waals surface area contributed by atoms with Crippen molar-refractivity contribution in [3.63, 3.8) is 0 Å². The van der Waals surface area contributed by atoms with Crippen molar-refractivity contribution in [2.45, 2.75) is 31.6 Å². The van der Waals surface area contributed by atoms with Crippen LogP contribution in [0.2, 0.25) is 0 Å². The average molecular weight is 297 g/mol. The molecule has 5 nitrogen and oxygen atoms in total. The molecule has 116 valence electrons. The zero-order valence-corrected chi connectivity index (χ0v) is 11.9. The first-order valence-corrected chi connectivity index (χ1v) is 6.93. The van der Waals surface area contributed by atoms with Gasteiger partial charge in [-0.1, -0.05) is 12.1 Å². The second kappa shape index (κ2) is 6.98. The summed E-state index contributed by atoms with van der Waals surface area (Å²) in [7, 11) is 0. The smallest absolute Gasteiger partial charge is 0.325 e. The van der Waals surface area contributed by atoms with Crippen LogP contribution < -0.4 is 5.73 Å². The number of carbonyl (C=O) groups is 1. The van der Waals surface area contributed by atoms with Gasteiger partial charge in [0.05, 0.1) is 19.3 Å². The Bertz CT molecular complexity index is 479. The number of hydrogen-bond acceptors (Lipinski definition) is 5. The topological polar surface area (TPSA) is 81.8 Å². The zero-order valence-electron chi connectivity index (χ0n) is 11.9. The number of halogens is 1. The van der Waals surface area contributed by atoms with E-state index >= 15 is 0 Å². The van der Waals surface area contributed by atoms with Gasteiger partial charge in [-0.15, -0.1) is 0 Å². The molecule has 0 spiro atoms. The number of aliphatic hydroxyl groups excluding tert-OH is 1. The predicted octanol–water partition coefficient (Wildman–Crippen LogP) is 0.635. The van der Waals surface area contributed by atoms with Gasteiger partial charge in [-0.3, -0.25) is 4.79 Å². The summed E-state index contributed by atoms with van der Waals surface area (Å²) in [6.07, 6.45) is -0.845. The Kier molecular flexibility index (Phi) is 5.27. The highest BCUT2D eigenvalue weighted by molar-refractivity contribution is 5.75. The SMILES string of the molecule is CC1OC(=O)C(N)COCC(O)C1Cc1ccc(F)cc1. The van der Waals surface area contributed by atoms with Crippen LogP contribution in [0.4, 0.5) is 4.39 Å². The number of rotatable bonds is 2. The van der Waals surface area contributed by atoms with Crippen LogP contribution >= 0.6 is 0 Å². The van der Waals surface area contributed by atoms with E-state index in [1.54, 1.807) is 19.1 Å². The monoisotopic (exact) mass is 297 g/mol. The molecule has 1 heterocycles. The fourth-order valence-corrected chi connectivity index (χ4v) is 2.37. The maximum absolute atomic E-state index is 12.9. The lowest BCUT2D eigenvalue weighted by Crippen LogP contribution is -2.39. The fraction of sp³-hybridized carbons (Fsp3) is 0.533. The number of hydrogen-bond donors (Lipinski definition) is 2. The maximum atomic E-state index is 12.9. The number of esters is 1. The molecule has 0 amide bonds. The molecular formula is C15H20FNO4. The molecule has 2 rings (SSSR count). The van der Waals surface area contributed by atoms with E-state index in [1.165, 1.54) is 12.1 Å². The van der Waals surface area contributed by atoms with Crippen molar-refractivity contribution in [3.8, 4) is 0 Å². The Morgan fingerprint density at radius 1 is 1.33 bits per heavy atom. The normalized spacial score (nSPS) is 31.0. The largest absolute Gasteiger partial charge is 0.461 e. The Balaban J connectivity index is 2.13. The van der Waals surface area contributed by atoms with E-state index in [9.17, 15) is 14.3 Å². The van der Waals surface area contributed by atoms with Crippen LogP contribution in [0.25, 0.3) is 0 Å². The lowest BCUT2D eigenvalue weighted by atomic mass is 9.90. The Hall–Kier alpha value is -1.50. The molecule has 0 saturated carbocycles. The second-order valence-electron chi connectivity index (χ2n) is 5.35. The summed E-state index contributed by atoms with van der Waals surface area (Å²) < 4.78 is 23.5. The van der Waals surface area contributed by atoms with Crippen molar-refractivity contribution in [1.82, 2.24) is 0 Å². The third kappa shape index (κ3) is 4.23. The highest BCUT2D eigenvalue weighted by Crippen LogP contribution is 2.21. The number of ether oxygens (including phenoxy) is 2. The van der Waals surface area contributed by atoms with Crippen molar-refractivity contribution < 1.29 is 23.8 Å². The number of aliphatic hydroxyl groups is 1. The Morgan fingerprint density at radius 3 is 2.67 bits per heavy atom. The molecule has 3 N–H and O–H groups in total. The summed E-state index contributed by atoms with van der Waals surface area (Å²) in [5.74, 6) is -1.20. The van der Waals surface area contributed by atoms with Gasteiger partial charge in [-0.2, -0.15) is 0 Å². The highest BCUT2D eigenvalue weighted by Gasteiger charge is 2.32. The molecule has 1 saturated heterocycles. The van der Waals surface area contributed by atoms with Crippen molar-refractivity contribution in [2.75, 3.05) is 13.2 Å². The molecule has 1 aliphatic heterocycles. The van der Waals surface area contributed by atoms with Crippen LogP contribution in [0, 0.1) is 11.7 Å². The van der Waals surface area contributed by atoms with Crippen molar-refractivity contribution >= 4 is 5.97 Å². The average Bonchev–Trinajstić information content (AvgIpc) is 2.48. The number of carbonyl (C=O) groups excluding carboxylic acids is 1. The number of benzene rings is 1. The van der Waals surface area contributed by atoms with Gasteiger partial charge in [0.25, 0.3) is 0 Å². The molecule has 0 aliphatic carbocycles. The minimum Gasteiger partial charge on any atom is -0.461 e. The van der Waals surface area contributed by atoms with E-state index in [0.717, 1.165) is 5.56 Å². The molecule has 4 unspecified atom stereocenters. The molecular weight excluding hydrogens is 277 g/mol. The van der Waals surface area contributed by atoms with Crippen molar-refractivity contribution in [1.29, 1.82) is 0 Å². The van der Waals surface area contributed by atoms with Crippen LogP contribution in [0.1, 0.15) is 12.5 Å². The highest BCUT2D eigenvalue weighted by atomic mass is 19.1. The van der Waals surface area contributed by atoms with Gasteiger partial charge in [0.1, 0.15) is 18.0 Å². The molecule has 21 heavy (non-hydrogen) atoms. The molecule has 0 radical (unpaired) electrons. The molecule has 1 aliphatic rings. The fourth-order valence-electron chi connectivity index (χ4n) is 2.37. The van der Waals surface area contributed by atoms with Gasteiger partial charge in [-0.25, -0.2) is 4.39 Å². The summed E-state index contributed by atoms with van der Waals surface area (Å²) >= 11 is 0. The van der Waals surface area contributed by atoms with Gasteiger partial charge >= 0.3 is 5.97 Å². The zero-order chi connectivity index (χ0) is 15.4. The third-order valence-corrected chi connectivity index (χ3v) is 3.67. The van der Waals surface area contributed by atoms with E-state index < -0.39 is 24.2 Å². The molecule has 1 fully saturated rings. The molecule has 0 aromatic heterocycles. The molecule has 0 bridgehead atoms. The summed E-state index contributed by atoms with van der Waals surface area (Å²) in [6.45, 7) is 1.82. The second-order valence-corrected chi connectivity index (χ2v) is 5.35. The first-order chi connectivity index (χ1) is 9.97. The number of cyclic esters (lactones) is 1. The lowest BCUT2D eigenvalue weighted by Gasteiger charge is -2.27. The van der Waals surface area contributed by atoms with E-state index in [4.69, 9.17) is 15.2 Å². The number of nitrogens with two attached hydrogens (primary N) is 1. The van der Waals surface area contributed by atoms with E-state index in [2.05, 4.69) is 0 Å². The molecule has 1 aromatic rings. The van der Waals surface area contributed by atoms with Crippen LogP contribution in [0.3, 0.4) is 0 Å². The minimum atomic E-state index is -0.843. The first kappa shape index (κ1) is 15.9. The van der Waals surface area contributed by atoms with Crippen LogP contribution in [-0.4, -0.2) is 42.5 Å². The molecule has 6 heteroatoms. The maximum Gasteiger partial charge on any atom is 0.325 e. The van der Waals surface area contributed by atoms with Gasteiger partial charge in [0.15, 0.2) is 0 Å². The van der Waals surface area contributed by atoms with Gasteiger partial charge < -0.3 is 20.3 Å². The Labute approximate surface area is 122 Å². The van der Waals surface area contributed by atoms with Crippen molar-refractivity contribution in [3.05, 3.63) is 35.6 Å². The third-order valence-electron chi connectivity index (χ3n) is 3.67. The first-order valence-electron chi connectivity index (χ1n) is 6.93. The predicted molar refractivity (Wildman–Crippen MR) is 73.9 cm³/mol. The molecule has 4 atom stereocenters. The van der Waals surface area contributed by atoms with Gasteiger partial charge in [-0.05, 0) is 31.0 Å². The van der Waals surface area contributed by atoms with Crippen molar-refractivity contribution in [2.24, 2.45) is 11.7 Å². The summed E-state index contributed by atoms with van der Waals surface area (Å²) in [4.78, 5) is 11.7. The Morgan fingerprint density at radius 2 is 2.00 bits per heavy atom. The summed E-state index contributed by atoms with van der Waals surface area (Å²) in [5, 5.41) is 10.2. The van der Waals surface area contributed by atoms with E-state index in [1.807, 2.05) is 0 Å². The lowest BCUT2D eigenvalue weighted by molar-refractivity contribution is -0.153. The quantitative estimate of drug-likeness (QED) is 0.783. The van der Waals surface area contributed by atoms with Gasteiger partial charge in [0, 0.05) is 5.92 Å². The van der Waals surface area contributed by atoms with E-state index in [-0.39, 0.29) is 24.9 Å². The minimum absolute atomic E-state index is 0.0197. The van der Waals surface area contributed by atoms with Gasteiger partial charge in [0.2, 0.25) is 0 Å². The standard InChI is InChI=1S/C15H20FNO4/c1-9-12(6-10-2-4-11(16)5-3-10)14(18)8-20-7-13(17)15(19)21-9/h2-5,9,12-14,18H,6-8,17H2,1H3. The summed E-state index contributed by atoms with van der Waals surface area (Å²) in [5.41, 5.74) is 6.47. The van der Waals surface area contributed by atoms with Crippen LogP contribution in [0.15, 0.2) is 24.3 Å². The molecule has 1 aromatic carbocycles. The van der Waals surface area contributed by atoms with E-state index in [0.29, 0.717) is 6.42 Å². The van der Waals surface area contributed by atoms with Crippen LogP contribution in [-0.2, 0) is 20.7 Å². The van der Waals surface area contributed by atoms with Crippen LogP contribution in [0.5, 0.6) is 0 Å². The summed E-state index contributed by atoms with van der Waals surface area (Å²) in [6, 6.07) is 5.18.